The molecule has 2 saturated heterocycles. The van der Waals surface area contributed by atoms with Crippen molar-refractivity contribution in [2.24, 2.45) is 11.3 Å². The maximum atomic E-state index is 13.3. The fourth-order valence-corrected chi connectivity index (χ4v) is 6.00. The lowest BCUT2D eigenvalue weighted by molar-refractivity contribution is -0.140. The number of aryl methyl sites for hydroxylation is 1. The largest absolute Gasteiger partial charge is 0.368 e. The summed E-state index contributed by atoms with van der Waals surface area (Å²) in [7, 11) is 0. The fourth-order valence-electron chi connectivity index (χ4n) is 6.00. The molecule has 1 aromatic rings. The minimum absolute atomic E-state index is 0.0213. The van der Waals surface area contributed by atoms with Gasteiger partial charge in [-0.05, 0) is 49.1 Å². The fraction of sp³-hybridized carbons (Fsp3) is 0.625. The Morgan fingerprint density at radius 1 is 1.10 bits per heavy atom. The summed E-state index contributed by atoms with van der Waals surface area (Å²) < 4.78 is 0. The Hall–Kier alpha value is -2.57. The van der Waals surface area contributed by atoms with E-state index in [0.717, 1.165) is 24.4 Å². The number of benzene rings is 1. The normalized spacial score (nSPS) is 28.3. The van der Waals surface area contributed by atoms with Crippen molar-refractivity contribution in [3.63, 3.8) is 0 Å². The Bertz CT molecular complexity index is 891. The molecule has 2 aliphatic heterocycles. The number of carbonyl (C=O) groups is 3. The molecule has 1 saturated carbocycles. The smallest absolute Gasteiger partial charge is 0.325 e. The number of nitrogens with one attached hydrogen (secondary N) is 1. The zero-order chi connectivity index (χ0) is 22.4. The third-order valence-corrected chi connectivity index (χ3v) is 7.01. The molecule has 3 aliphatic rings. The molecular weight excluding hydrogens is 392 g/mol. The van der Waals surface area contributed by atoms with Gasteiger partial charge in [-0.25, -0.2) is 4.79 Å². The number of imide groups is 1. The lowest BCUT2D eigenvalue weighted by atomic mass is 9.64. The molecule has 0 unspecified atom stereocenters. The van der Waals surface area contributed by atoms with E-state index in [9.17, 15) is 14.4 Å². The van der Waals surface area contributed by atoms with E-state index in [1.54, 1.807) is 4.90 Å². The zero-order valence-corrected chi connectivity index (χ0v) is 19.1. The first-order chi connectivity index (χ1) is 14.6. The van der Waals surface area contributed by atoms with Crippen LogP contribution in [0.5, 0.6) is 0 Å². The Balaban J connectivity index is 1.39. The van der Waals surface area contributed by atoms with Gasteiger partial charge in [0.1, 0.15) is 12.1 Å². The average molecular weight is 427 g/mol. The van der Waals surface area contributed by atoms with Crippen molar-refractivity contribution in [2.45, 2.75) is 52.5 Å². The number of carbonyl (C=O) groups excluding carboxylic acids is 3. The molecule has 7 heteroatoms. The van der Waals surface area contributed by atoms with Crippen LogP contribution >= 0.6 is 0 Å². The van der Waals surface area contributed by atoms with Crippen LogP contribution in [0, 0.1) is 18.3 Å². The van der Waals surface area contributed by atoms with Crippen molar-refractivity contribution in [1.29, 1.82) is 0 Å². The Morgan fingerprint density at radius 2 is 1.77 bits per heavy atom. The van der Waals surface area contributed by atoms with E-state index in [-0.39, 0.29) is 23.8 Å². The number of piperazine rings is 1. The standard InChI is InChI=1S/C24H34N4O3/c1-17-13-23(3,4)16-24(14-17)21(30)28(22(31)25-24)15-20(29)27-11-9-26(10-12-27)19-8-6-5-7-18(19)2/h5-8,17H,9-16H2,1-4H3,(H,25,31)/t17-,24-/m0/s1. The molecule has 4 rings (SSSR count). The highest BCUT2D eigenvalue weighted by Gasteiger charge is 2.56. The zero-order valence-electron chi connectivity index (χ0n) is 19.1. The second-order valence-electron chi connectivity index (χ2n) is 10.4. The third kappa shape index (κ3) is 4.14. The average Bonchev–Trinajstić information content (AvgIpc) is 2.90. The Kier molecular flexibility index (Phi) is 5.48. The van der Waals surface area contributed by atoms with Crippen LogP contribution in [0.3, 0.4) is 0 Å². The van der Waals surface area contributed by atoms with Crippen molar-refractivity contribution in [3.8, 4) is 0 Å². The molecule has 168 valence electrons. The minimum atomic E-state index is -0.859. The van der Waals surface area contributed by atoms with Gasteiger partial charge in [-0.15, -0.1) is 0 Å². The summed E-state index contributed by atoms with van der Waals surface area (Å²) >= 11 is 0. The van der Waals surface area contributed by atoms with Gasteiger partial charge in [0.25, 0.3) is 5.91 Å². The number of para-hydroxylation sites is 1. The minimum Gasteiger partial charge on any atom is -0.368 e. The maximum absolute atomic E-state index is 13.3. The molecule has 2 atom stereocenters. The van der Waals surface area contributed by atoms with Crippen LogP contribution in [0.4, 0.5) is 10.5 Å². The van der Waals surface area contributed by atoms with Crippen LogP contribution in [0.2, 0.25) is 0 Å². The number of nitrogens with zero attached hydrogens (tertiary/aromatic N) is 3. The molecule has 7 nitrogen and oxygen atoms in total. The van der Waals surface area contributed by atoms with Gasteiger partial charge in [-0.2, -0.15) is 0 Å². The number of urea groups is 1. The first-order valence-corrected chi connectivity index (χ1v) is 11.3. The number of hydrogen-bond acceptors (Lipinski definition) is 4. The summed E-state index contributed by atoms with van der Waals surface area (Å²) in [6.07, 6.45) is 2.29. The van der Waals surface area contributed by atoms with E-state index in [4.69, 9.17) is 0 Å². The summed E-state index contributed by atoms with van der Waals surface area (Å²) in [5.74, 6) is -0.0460. The quantitative estimate of drug-likeness (QED) is 0.755. The molecule has 1 spiro atoms. The molecule has 0 aromatic heterocycles. The molecule has 31 heavy (non-hydrogen) atoms. The van der Waals surface area contributed by atoms with Crippen molar-refractivity contribution in [3.05, 3.63) is 29.8 Å². The van der Waals surface area contributed by atoms with E-state index in [1.807, 2.05) is 12.1 Å². The predicted molar refractivity (Wildman–Crippen MR) is 120 cm³/mol. The maximum Gasteiger partial charge on any atom is 0.325 e. The summed E-state index contributed by atoms with van der Waals surface area (Å²) in [4.78, 5) is 44.1. The number of anilines is 1. The molecule has 1 N–H and O–H groups in total. The first-order valence-electron chi connectivity index (χ1n) is 11.3. The van der Waals surface area contributed by atoms with E-state index in [0.29, 0.717) is 31.8 Å². The molecule has 2 heterocycles. The number of amides is 4. The Labute approximate surface area is 184 Å². The highest BCUT2D eigenvalue weighted by atomic mass is 16.2. The molecule has 0 radical (unpaired) electrons. The van der Waals surface area contributed by atoms with E-state index < -0.39 is 11.6 Å². The van der Waals surface area contributed by atoms with Gasteiger partial charge >= 0.3 is 6.03 Å². The molecule has 0 bridgehead atoms. The highest BCUT2D eigenvalue weighted by molar-refractivity contribution is 6.09. The summed E-state index contributed by atoms with van der Waals surface area (Å²) in [6.45, 7) is 11.0. The lowest BCUT2D eigenvalue weighted by Crippen LogP contribution is -2.55. The first kappa shape index (κ1) is 21.7. The molecular formula is C24H34N4O3. The SMILES string of the molecule is Cc1ccccc1N1CCN(C(=O)CN2C(=O)N[C@]3(C[C@@H](C)CC(C)(C)C3)C2=O)CC1. The van der Waals surface area contributed by atoms with E-state index in [1.165, 1.54) is 11.3 Å². The molecule has 3 fully saturated rings. The van der Waals surface area contributed by atoms with Crippen molar-refractivity contribution < 1.29 is 14.4 Å². The molecule has 1 aliphatic carbocycles. The topological polar surface area (TPSA) is 73.0 Å². The van der Waals surface area contributed by atoms with Crippen molar-refractivity contribution >= 4 is 23.5 Å². The highest BCUT2D eigenvalue weighted by Crippen LogP contribution is 2.46. The van der Waals surface area contributed by atoms with Gasteiger partial charge in [0.05, 0.1) is 0 Å². The van der Waals surface area contributed by atoms with Gasteiger partial charge < -0.3 is 15.1 Å². The summed E-state index contributed by atoms with van der Waals surface area (Å²) in [6, 6.07) is 7.82. The summed E-state index contributed by atoms with van der Waals surface area (Å²) in [5.41, 5.74) is 1.53. The van der Waals surface area contributed by atoms with Gasteiger partial charge in [0, 0.05) is 31.9 Å². The summed E-state index contributed by atoms with van der Waals surface area (Å²) in [5, 5.41) is 2.96. The Morgan fingerprint density at radius 3 is 2.42 bits per heavy atom. The van der Waals surface area contributed by atoms with Gasteiger partial charge in [0.15, 0.2) is 0 Å². The second kappa shape index (κ2) is 7.84. The van der Waals surface area contributed by atoms with Crippen LogP contribution in [0.15, 0.2) is 24.3 Å². The lowest BCUT2D eigenvalue weighted by Gasteiger charge is -2.43. The molecule has 1 aromatic carbocycles. The predicted octanol–water partition coefficient (Wildman–Crippen LogP) is 2.78. The van der Waals surface area contributed by atoms with Crippen molar-refractivity contribution in [2.75, 3.05) is 37.6 Å². The van der Waals surface area contributed by atoms with Crippen LogP contribution < -0.4 is 10.2 Å². The monoisotopic (exact) mass is 426 g/mol. The van der Waals surface area contributed by atoms with Gasteiger partial charge in [0.2, 0.25) is 5.91 Å². The van der Waals surface area contributed by atoms with Crippen LogP contribution in [0.1, 0.15) is 45.6 Å². The second-order valence-corrected chi connectivity index (χ2v) is 10.4. The number of rotatable bonds is 3. The van der Waals surface area contributed by atoms with Gasteiger partial charge in [-0.1, -0.05) is 39.0 Å². The van der Waals surface area contributed by atoms with Crippen LogP contribution in [0.25, 0.3) is 0 Å². The van der Waals surface area contributed by atoms with E-state index >= 15 is 0 Å². The van der Waals surface area contributed by atoms with Crippen molar-refractivity contribution in [1.82, 2.24) is 15.1 Å². The third-order valence-electron chi connectivity index (χ3n) is 7.01. The van der Waals surface area contributed by atoms with Crippen LogP contribution in [-0.4, -0.2) is 65.9 Å². The van der Waals surface area contributed by atoms with Crippen LogP contribution in [-0.2, 0) is 9.59 Å². The number of hydrogen-bond donors (Lipinski definition) is 1. The van der Waals surface area contributed by atoms with E-state index in [2.05, 4.69) is 50.0 Å². The molecule has 4 amide bonds. The van der Waals surface area contributed by atoms with Gasteiger partial charge in [-0.3, -0.25) is 14.5 Å².